The van der Waals surface area contributed by atoms with Crippen LogP contribution < -0.4 is 0 Å². The molecule has 0 rings (SSSR count). The largest absolute Gasteiger partial charge is 0 e. The molecule has 0 aromatic heterocycles. The molecule has 0 aliphatic heterocycles. The average Bonchev–Trinajstić information content (AvgIpc) is 0. The fourth-order valence-corrected chi connectivity index (χ4v) is 0. The minimum Gasteiger partial charge on any atom is 0 e. The zero-order chi connectivity index (χ0) is 0. The van der Waals surface area contributed by atoms with Gasteiger partial charge in [-0.15, -0.1) is 0 Å². The first-order chi connectivity index (χ1) is 0. The SMILES string of the molecule is [Ni].[Ni].[Ni].[Rh]. The molecule has 0 aliphatic carbocycles. The van der Waals surface area contributed by atoms with Gasteiger partial charge in [-0.1, -0.05) is 0 Å². The Bertz CT molecular complexity index is 3.25. The third kappa shape index (κ3) is 8.93. The standard InChI is InChI=1S/3Ni.Rh. The van der Waals surface area contributed by atoms with Gasteiger partial charge in [-0.25, -0.2) is 0 Å². The summed E-state index contributed by atoms with van der Waals surface area (Å²) in [6, 6.07) is 0. The summed E-state index contributed by atoms with van der Waals surface area (Å²) >= 11 is 0. The van der Waals surface area contributed by atoms with Crippen LogP contribution in [0.25, 0.3) is 0 Å². The van der Waals surface area contributed by atoms with Crippen molar-refractivity contribution in [3.8, 4) is 0 Å². The number of rotatable bonds is 0. The van der Waals surface area contributed by atoms with E-state index in [4.69, 9.17) is 0 Å². The van der Waals surface area contributed by atoms with E-state index in [1.165, 1.54) is 0 Å². The van der Waals surface area contributed by atoms with Crippen molar-refractivity contribution >= 4 is 0 Å². The van der Waals surface area contributed by atoms with Crippen molar-refractivity contribution in [2.45, 2.75) is 0 Å². The van der Waals surface area contributed by atoms with Crippen LogP contribution in [0.3, 0.4) is 0 Å². The normalized spacial score (nSPS) is 0. The molecule has 39 valence electrons. The molecular weight excluding hydrogens is 279 g/mol. The molecule has 0 spiro atoms. The van der Waals surface area contributed by atoms with Crippen LogP contribution in [0, 0.1) is 0 Å². The van der Waals surface area contributed by atoms with E-state index in [1.54, 1.807) is 0 Å². The van der Waals surface area contributed by atoms with Crippen LogP contribution in [-0.2, 0) is 69.0 Å². The van der Waals surface area contributed by atoms with Gasteiger partial charge in [-0.2, -0.15) is 0 Å². The second kappa shape index (κ2) is 19.4. The number of hydrogen-bond donors (Lipinski definition) is 0. The van der Waals surface area contributed by atoms with Crippen LogP contribution in [0.5, 0.6) is 0 Å². The van der Waals surface area contributed by atoms with Crippen molar-refractivity contribution in [3.05, 3.63) is 0 Å². The van der Waals surface area contributed by atoms with Gasteiger partial charge in [0.05, 0.1) is 0 Å². The second-order valence-corrected chi connectivity index (χ2v) is 0. The predicted molar refractivity (Wildman–Crippen MR) is 0 cm³/mol. The van der Waals surface area contributed by atoms with Crippen LogP contribution in [0.15, 0.2) is 0 Å². The molecule has 0 saturated heterocycles. The van der Waals surface area contributed by atoms with E-state index in [2.05, 4.69) is 0 Å². The van der Waals surface area contributed by atoms with Crippen LogP contribution in [0.2, 0.25) is 0 Å². The second-order valence-electron chi connectivity index (χ2n) is 0. The Morgan fingerprint density at radius 2 is 0.500 bits per heavy atom. The third-order valence-electron chi connectivity index (χ3n) is 0. The van der Waals surface area contributed by atoms with Crippen LogP contribution in [0.1, 0.15) is 0 Å². The third-order valence-corrected chi connectivity index (χ3v) is 0. The van der Waals surface area contributed by atoms with Crippen molar-refractivity contribution in [3.63, 3.8) is 0 Å². The first kappa shape index (κ1) is 35.9. The van der Waals surface area contributed by atoms with Gasteiger partial charge in [-0.3, -0.25) is 0 Å². The molecule has 0 amide bonds. The zero-order valence-corrected chi connectivity index (χ0v) is 5.88. The summed E-state index contributed by atoms with van der Waals surface area (Å²) in [5.74, 6) is 0. The quantitative estimate of drug-likeness (QED) is 0.547. The minimum absolute atomic E-state index is 0. The van der Waals surface area contributed by atoms with Crippen LogP contribution in [0.4, 0.5) is 0 Å². The van der Waals surface area contributed by atoms with Gasteiger partial charge < -0.3 is 0 Å². The van der Waals surface area contributed by atoms with Crippen LogP contribution >= 0.6 is 0 Å². The first-order valence-corrected chi connectivity index (χ1v) is 0. The van der Waals surface area contributed by atoms with Gasteiger partial charge in [0.15, 0.2) is 0 Å². The molecule has 0 fully saturated rings. The molecule has 4 heavy (non-hydrogen) atoms. The Balaban J connectivity index is 0. The smallest absolute Gasteiger partial charge is 0 e. The van der Waals surface area contributed by atoms with Gasteiger partial charge in [0.25, 0.3) is 0 Å². The molecule has 0 aromatic rings. The van der Waals surface area contributed by atoms with E-state index in [0.29, 0.717) is 0 Å². The molecule has 0 bridgehead atoms. The molecule has 0 heterocycles. The molecule has 0 atom stereocenters. The Labute approximate surface area is 68.4 Å². The van der Waals surface area contributed by atoms with Gasteiger partial charge in [0.1, 0.15) is 0 Å². The van der Waals surface area contributed by atoms with Gasteiger partial charge in [-0.05, 0) is 0 Å². The fourth-order valence-electron chi connectivity index (χ4n) is 0. The molecular formula is Ni3Rh. The Kier molecular flexibility index (Phi) is 174. The van der Waals surface area contributed by atoms with E-state index in [-0.39, 0.29) is 69.0 Å². The predicted octanol–water partition coefficient (Wildman–Crippen LogP) is -0.0100. The topological polar surface area (TPSA) is 0 Å². The van der Waals surface area contributed by atoms with Crippen LogP contribution in [-0.4, -0.2) is 0 Å². The molecule has 0 unspecified atom stereocenters. The summed E-state index contributed by atoms with van der Waals surface area (Å²) in [4.78, 5) is 0. The maximum Gasteiger partial charge on any atom is 0 e. The number of hydrogen-bond acceptors (Lipinski definition) is 0. The molecule has 0 saturated carbocycles. The van der Waals surface area contributed by atoms with E-state index < -0.39 is 0 Å². The van der Waals surface area contributed by atoms with Crippen molar-refractivity contribution in [1.29, 1.82) is 0 Å². The van der Waals surface area contributed by atoms with E-state index in [0.717, 1.165) is 0 Å². The maximum absolute atomic E-state index is 0. The summed E-state index contributed by atoms with van der Waals surface area (Å²) < 4.78 is 0. The monoisotopic (exact) mass is 277 g/mol. The Morgan fingerprint density at radius 1 is 0.500 bits per heavy atom. The Hall–Kier alpha value is 2.10. The molecule has 4 heteroatoms. The summed E-state index contributed by atoms with van der Waals surface area (Å²) in [7, 11) is 0. The van der Waals surface area contributed by atoms with E-state index in [9.17, 15) is 0 Å². The average molecular weight is 279 g/mol. The first-order valence-electron chi connectivity index (χ1n) is 0. The van der Waals surface area contributed by atoms with Crippen molar-refractivity contribution in [2.75, 3.05) is 0 Å². The maximum atomic E-state index is 0. The summed E-state index contributed by atoms with van der Waals surface area (Å²) in [6.45, 7) is 0. The van der Waals surface area contributed by atoms with Crippen molar-refractivity contribution < 1.29 is 69.0 Å². The minimum atomic E-state index is 0. The summed E-state index contributed by atoms with van der Waals surface area (Å²) in [5, 5.41) is 0. The fraction of sp³-hybridized carbons (Fsp3) is 0. The Morgan fingerprint density at radius 3 is 0.500 bits per heavy atom. The van der Waals surface area contributed by atoms with Crippen molar-refractivity contribution in [2.24, 2.45) is 0 Å². The van der Waals surface area contributed by atoms with Gasteiger partial charge in [0, 0.05) is 69.0 Å². The zero-order valence-electron chi connectivity index (χ0n) is 1.28. The molecule has 1 radical (unpaired) electrons. The molecule has 0 aliphatic rings. The summed E-state index contributed by atoms with van der Waals surface area (Å²) in [5.41, 5.74) is 0. The van der Waals surface area contributed by atoms with Gasteiger partial charge in [0.2, 0.25) is 0 Å². The summed E-state index contributed by atoms with van der Waals surface area (Å²) in [6.07, 6.45) is 0. The van der Waals surface area contributed by atoms with Gasteiger partial charge >= 0.3 is 0 Å². The van der Waals surface area contributed by atoms with Crippen molar-refractivity contribution in [1.82, 2.24) is 0 Å². The molecule has 0 nitrogen and oxygen atoms in total. The van der Waals surface area contributed by atoms with E-state index in [1.807, 2.05) is 0 Å². The van der Waals surface area contributed by atoms with E-state index >= 15 is 0 Å². The molecule has 0 aromatic carbocycles. The molecule has 0 N–H and O–H groups in total.